The van der Waals surface area contributed by atoms with Crippen molar-refractivity contribution < 1.29 is 4.74 Å². The molecule has 0 atom stereocenters. The molecule has 0 amide bonds. The summed E-state index contributed by atoms with van der Waals surface area (Å²) in [5.41, 5.74) is 3.31. The molecule has 0 aliphatic heterocycles. The van der Waals surface area contributed by atoms with Gasteiger partial charge < -0.3 is 9.72 Å². The van der Waals surface area contributed by atoms with E-state index in [1.807, 2.05) is 44.2 Å². The van der Waals surface area contributed by atoms with Crippen molar-refractivity contribution in [2.24, 2.45) is 0 Å². The Kier molecular flexibility index (Phi) is 4.40. The molecule has 0 fully saturated rings. The first-order chi connectivity index (χ1) is 11.5. The number of ether oxygens (including phenoxy) is 1. The van der Waals surface area contributed by atoms with Crippen LogP contribution >= 0.6 is 11.6 Å². The van der Waals surface area contributed by atoms with Crippen LogP contribution in [0.5, 0.6) is 5.75 Å². The summed E-state index contributed by atoms with van der Waals surface area (Å²) in [4.78, 5) is 19.5. The number of nitrogens with zero attached hydrogens (tertiary/aromatic N) is 1. The lowest BCUT2D eigenvalue weighted by Gasteiger charge is -2.06. The maximum atomic E-state index is 12.2. The van der Waals surface area contributed by atoms with E-state index >= 15 is 0 Å². The van der Waals surface area contributed by atoms with Gasteiger partial charge in [-0.15, -0.1) is 0 Å². The Balaban J connectivity index is 2.08. The normalized spacial score (nSPS) is 11.8. The zero-order valence-electron chi connectivity index (χ0n) is 13.7. The van der Waals surface area contributed by atoms with Gasteiger partial charge >= 0.3 is 0 Å². The van der Waals surface area contributed by atoms with Gasteiger partial charge in [0.2, 0.25) is 0 Å². The first-order valence-electron chi connectivity index (χ1n) is 7.51. The van der Waals surface area contributed by atoms with Gasteiger partial charge in [0, 0.05) is 0 Å². The molecule has 0 saturated carbocycles. The molecule has 5 heteroatoms. The van der Waals surface area contributed by atoms with E-state index in [0.717, 1.165) is 22.4 Å². The molecule has 4 nitrogen and oxygen atoms in total. The van der Waals surface area contributed by atoms with Crippen molar-refractivity contribution in [2.45, 2.75) is 13.8 Å². The van der Waals surface area contributed by atoms with Crippen molar-refractivity contribution in [3.63, 3.8) is 0 Å². The maximum absolute atomic E-state index is 12.2. The van der Waals surface area contributed by atoms with Gasteiger partial charge in [0.15, 0.2) is 5.82 Å². The summed E-state index contributed by atoms with van der Waals surface area (Å²) in [5, 5.41) is 0.935. The van der Waals surface area contributed by atoms with E-state index < -0.39 is 0 Å². The number of rotatable bonds is 3. The highest BCUT2D eigenvalue weighted by atomic mass is 35.5. The molecule has 0 radical (unpaired) electrons. The topological polar surface area (TPSA) is 55.0 Å². The summed E-state index contributed by atoms with van der Waals surface area (Å²) >= 11 is 6.39. The average Bonchev–Trinajstić information content (AvgIpc) is 2.56. The van der Waals surface area contributed by atoms with Gasteiger partial charge in [0.25, 0.3) is 5.56 Å². The number of aromatic nitrogens is 2. The molecule has 0 aliphatic carbocycles. The van der Waals surface area contributed by atoms with Gasteiger partial charge in [0.1, 0.15) is 5.75 Å². The molecule has 122 valence electrons. The van der Waals surface area contributed by atoms with Gasteiger partial charge in [0.05, 0.1) is 23.0 Å². The second kappa shape index (κ2) is 6.49. The Morgan fingerprint density at radius 1 is 1.21 bits per heavy atom. The number of benzene rings is 2. The molecule has 3 rings (SSSR count). The lowest BCUT2D eigenvalue weighted by Crippen LogP contribution is -2.11. The minimum Gasteiger partial charge on any atom is -0.496 e. The summed E-state index contributed by atoms with van der Waals surface area (Å²) in [6.45, 7) is 3.88. The number of halogens is 1. The third-order valence-corrected chi connectivity index (χ3v) is 4.16. The van der Waals surface area contributed by atoms with E-state index in [1.165, 1.54) is 0 Å². The molecule has 1 aromatic heterocycles. The summed E-state index contributed by atoms with van der Waals surface area (Å²) in [5.74, 6) is 1.17. The van der Waals surface area contributed by atoms with Crippen LogP contribution < -0.4 is 10.3 Å². The first-order valence-corrected chi connectivity index (χ1v) is 7.89. The number of H-pyrrole nitrogens is 1. The average molecular weight is 341 g/mol. The highest BCUT2D eigenvalue weighted by molar-refractivity contribution is 6.50. The third kappa shape index (κ3) is 3.05. The van der Waals surface area contributed by atoms with E-state index in [-0.39, 0.29) is 5.56 Å². The lowest BCUT2D eigenvalue weighted by atomic mass is 10.1. The molecule has 1 N–H and O–H groups in total. The van der Waals surface area contributed by atoms with E-state index in [0.29, 0.717) is 21.8 Å². The van der Waals surface area contributed by atoms with Gasteiger partial charge in [-0.2, -0.15) is 0 Å². The fourth-order valence-corrected chi connectivity index (χ4v) is 2.84. The second-order valence-corrected chi connectivity index (χ2v) is 6.01. The highest BCUT2D eigenvalue weighted by Gasteiger charge is 2.09. The molecule has 0 saturated heterocycles. The van der Waals surface area contributed by atoms with Crippen molar-refractivity contribution >= 4 is 33.6 Å². The molecule has 0 spiro atoms. The predicted octanol–water partition coefficient (Wildman–Crippen LogP) is 4.29. The molecular weight excluding hydrogens is 324 g/mol. The van der Waals surface area contributed by atoms with Gasteiger partial charge in [-0.05, 0) is 54.8 Å². The molecule has 24 heavy (non-hydrogen) atoms. The van der Waals surface area contributed by atoms with E-state index in [4.69, 9.17) is 16.3 Å². The Morgan fingerprint density at radius 2 is 2.00 bits per heavy atom. The van der Waals surface area contributed by atoms with Crippen LogP contribution in [0.25, 0.3) is 22.0 Å². The van der Waals surface area contributed by atoms with E-state index in [9.17, 15) is 4.79 Å². The number of hydrogen-bond acceptors (Lipinski definition) is 3. The van der Waals surface area contributed by atoms with Crippen molar-refractivity contribution in [1.82, 2.24) is 9.97 Å². The summed E-state index contributed by atoms with van der Waals surface area (Å²) in [7, 11) is 1.64. The largest absolute Gasteiger partial charge is 0.496 e. The van der Waals surface area contributed by atoms with Crippen LogP contribution in [0, 0.1) is 13.8 Å². The van der Waals surface area contributed by atoms with Crippen molar-refractivity contribution in [2.75, 3.05) is 7.11 Å². The van der Waals surface area contributed by atoms with Crippen LogP contribution in [0.15, 0.2) is 41.2 Å². The zero-order chi connectivity index (χ0) is 17.3. The molecule has 0 aliphatic rings. The Hall–Kier alpha value is -2.59. The summed E-state index contributed by atoms with van der Waals surface area (Å²) < 4.78 is 5.25. The van der Waals surface area contributed by atoms with Crippen LogP contribution in [0.2, 0.25) is 0 Å². The molecule has 0 unspecified atom stereocenters. The minimum absolute atomic E-state index is 0.198. The monoisotopic (exact) mass is 340 g/mol. The molecule has 1 heterocycles. The van der Waals surface area contributed by atoms with Crippen LogP contribution in [-0.4, -0.2) is 17.1 Å². The van der Waals surface area contributed by atoms with Gasteiger partial charge in [-0.1, -0.05) is 29.8 Å². The van der Waals surface area contributed by atoms with Crippen LogP contribution in [0.1, 0.15) is 22.5 Å². The lowest BCUT2D eigenvalue weighted by molar-refractivity contribution is 0.411. The Bertz CT molecular complexity index is 1010. The molecule has 2 aromatic carbocycles. The number of nitrogens with one attached hydrogen (secondary N) is 1. The number of fused-ring (bicyclic) bond motifs is 1. The standard InChI is InChI=1S/C19H17ClN2O2/c1-11-5-4-6-14-17(11)21-18(22-19(14)23)15(20)10-13-7-8-16(24-3)12(2)9-13/h4-10H,1-3H3,(H,21,22,23). The zero-order valence-corrected chi connectivity index (χ0v) is 14.4. The van der Waals surface area contributed by atoms with Gasteiger partial charge in [-0.3, -0.25) is 4.79 Å². The highest BCUT2D eigenvalue weighted by Crippen LogP contribution is 2.24. The number of aromatic amines is 1. The molecule has 3 aromatic rings. The van der Waals surface area contributed by atoms with Crippen LogP contribution in [0.4, 0.5) is 0 Å². The SMILES string of the molecule is COc1ccc(C=C(Cl)c2nc3c(C)cccc3c(=O)[nH]2)cc1C. The Morgan fingerprint density at radius 3 is 2.71 bits per heavy atom. The molecular formula is C19H17ClN2O2. The summed E-state index contributed by atoms with van der Waals surface area (Å²) in [6.07, 6.45) is 1.77. The minimum atomic E-state index is -0.198. The van der Waals surface area contributed by atoms with E-state index in [2.05, 4.69) is 9.97 Å². The van der Waals surface area contributed by atoms with Crippen molar-refractivity contribution in [3.8, 4) is 5.75 Å². The second-order valence-electron chi connectivity index (χ2n) is 5.61. The maximum Gasteiger partial charge on any atom is 0.259 e. The predicted molar refractivity (Wildman–Crippen MR) is 98.6 cm³/mol. The van der Waals surface area contributed by atoms with Gasteiger partial charge in [-0.25, -0.2) is 4.98 Å². The van der Waals surface area contributed by atoms with Crippen LogP contribution in [0.3, 0.4) is 0 Å². The van der Waals surface area contributed by atoms with Crippen molar-refractivity contribution in [1.29, 1.82) is 0 Å². The first kappa shape index (κ1) is 16.3. The smallest absolute Gasteiger partial charge is 0.259 e. The fourth-order valence-electron chi connectivity index (χ4n) is 2.62. The number of para-hydroxylation sites is 1. The van der Waals surface area contributed by atoms with Crippen molar-refractivity contribution in [3.05, 3.63) is 69.3 Å². The number of aryl methyl sites for hydroxylation is 2. The van der Waals surface area contributed by atoms with Crippen LogP contribution in [-0.2, 0) is 0 Å². The third-order valence-electron chi connectivity index (χ3n) is 3.88. The number of hydrogen-bond donors (Lipinski definition) is 1. The fraction of sp³-hybridized carbons (Fsp3) is 0.158. The summed E-state index contributed by atoms with van der Waals surface area (Å²) in [6, 6.07) is 11.3. The number of methoxy groups -OCH3 is 1. The Labute approximate surface area is 144 Å². The quantitative estimate of drug-likeness (QED) is 0.774. The van der Waals surface area contributed by atoms with E-state index in [1.54, 1.807) is 19.3 Å². The molecule has 0 bridgehead atoms.